The summed E-state index contributed by atoms with van der Waals surface area (Å²) in [5, 5.41) is 5.47. The summed E-state index contributed by atoms with van der Waals surface area (Å²) < 4.78 is 22.9. The van der Waals surface area contributed by atoms with Crippen molar-refractivity contribution in [1.82, 2.24) is 15.2 Å². The van der Waals surface area contributed by atoms with E-state index in [1.165, 1.54) is 16.9 Å². The molecule has 1 aromatic carbocycles. The van der Waals surface area contributed by atoms with Crippen LogP contribution >= 0.6 is 11.3 Å². The predicted molar refractivity (Wildman–Crippen MR) is 109 cm³/mol. The van der Waals surface area contributed by atoms with Gasteiger partial charge >= 0.3 is 0 Å². The Bertz CT molecular complexity index is 875. The lowest BCUT2D eigenvalue weighted by atomic mass is 10.0. The number of aromatic nitrogens is 1. The third-order valence-electron chi connectivity index (χ3n) is 4.71. The molecule has 27 heavy (non-hydrogen) atoms. The van der Waals surface area contributed by atoms with Gasteiger partial charge in [-0.15, -0.1) is 11.3 Å². The average Bonchev–Trinajstić information content (AvgIpc) is 3.13. The Morgan fingerprint density at radius 1 is 1.22 bits per heavy atom. The SMILES string of the molecule is CC(C)c1ccc(-c2nc(C(=O)NCCN3CCS(=O)(=O)CC3)cs2)cc1. The minimum atomic E-state index is -2.87. The van der Waals surface area contributed by atoms with Crippen molar-refractivity contribution >= 4 is 27.1 Å². The van der Waals surface area contributed by atoms with Crippen molar-refractivity contribution in [1.29, 1.82) is 0 Å². The van der Waals surface area contributed by atoms with Gasteiger partial charge in [0.05, 0.1) is 11.5 Å². The van der Waals surface area contributed by atoms with E-state index < -0.39 is 9.84 Å². The summed E-state index contributed by atoms with van der Waals surface area (Å²) in [6.45, 7) is 6.51. The Morgan fingerprint density at radius 2 is 1.89 bits per heavy atom. The zero-order valence-corrected chi connectivity index (χ0v) is 17.3. The van der Waals surface area contributed by atoms with Gasteiger partial charge in [0.15, 0.2) is 9.84 Å². The predicted octanol–water partition coefficient (Wildman–Crippen LogP) is 2.39. The maximum atomic E-state index is 12.3. The van der Waals surface area contributed by atoms with E-state index in [9.17, 15) is 13.2 Å². The largest absolute Gasteiger partial charge is 0.349 e. The zero-order chi connectivity index (χ0) is 19.4. The van der Waals surface area contributed by atoms with Crippen LogP contribution in [-0.2, 0) is 9.84 Å². The van der Waals surface area contributed by atoms with Crippen molar-refractivity contribution in [2.75, 3.05) is 37.7 Å². The first-order valence-corrected chi connectivity index (χ1v) is 11.8. The first-order valence-electron chi connectivity index (χ1n) is 9.11. The highest BCUT2D eigenvalue weighted by atomic mass is 32.2. The topological polar surface area (TPSA) is 79.4 Å². The molecule has 0 saturated carbocycles. The number of amides is 1. The number of hydrogen-bond acceptors (Lipinski definition) is 6. The maximum Gasteiger partial charge on any atom is 0.270 e. The van der Waals surface area contributed by atoms with Crippen molar-refractivity contribution < 1.29 is 13.2 Å². The highest BCUT2D eigenvalue weighted by molar-refractivity contribution is 7.91. The lowest BCUT2D eigenvalue weighted by molar-refractivity contribution is 0.0944. The fraction of sp³-hybridized carbons (Fsp3) is 0.474. The zero-order valence-electron chi connectivity index (χ0n) is 15.6. The molecular formula is C19H25N3O3S2. The highest BCUT2D eigenvalue weighted by Crippen LogP contribution is 2.25. The summed E-state index contributed by atoms with van der Waals surface area (Å²) >= 11 is 1.46. The van der Waals surface area contributed by atoms with Crippen LogP contribution in [-0.4, -0.2) is 61.9 Å². The summed E-state index contributed by atoms with van der Waals surface area (Å²) in [5.41, 5.74) is 2.71. The van der Waals surface area contributed by atoms with Gasteiger partial charge in [-0.2, -0.15) is 0 Å². The van der Waals surface area contributed by atoms with Crippen LogP contribution in [0.25, 0.3) is 10.6 Å². The van der Waals surface area contributed by atoms with Crippen LogP contribution in [0, 0.1) is 0 Å². The number of carbonyl (C=O) groups excluding carboxylic acids is 1. The van der Waals surface area contributed by atoms with E-state index in [1.54, 1.807) is 5.38 Å². The van der Waals surface area contributed by atoms with Gasteiger partial charge in [-0.3, -0.25) is 9.69 Å². The molecule has 0 aliphatic carbocycles. The maximum absolute atomic E-state index is 12.3. The summed E-state index contributed by atoms with van der Waals surface area (Å²) in [4.78, 5) is 18.8. The fourth-order valence-corrected chi connectivity index (χ4v) is 5.00. The summed E-state index contributed by atoms with van der Waals surface area (Å²) in [6, 6.07) is 8.28. The first-order chi connectivity index (χ1) is 12.8. The van der Waals surface area contributed by atoms with Crippen LogP contribution in [0.3, 0.4) is 0 Å². The Hall–Kier alpha value is -1.77. The van der Waals surface area contributed by atoms with Crippen LogP contribution in [0.2, 0.25) is 0 Å². The number of nitrogens with zero attached hydrogens (tertiary/aromatic N) is 2. The van der Waals surface area contributed by atoms with Crippen LogP contribution < -0.4 is 5.32 Å². The van der Waals surface area contributed by atoms with Crippen LogP contribution in [0.4, 0.5) is 0 Å². The second kappa shape index (κ2) is 8.50. The molecule has 1 aliphatic rings. The third-order valence-corrected chi connectivity index (χ3v) is 7.21. The van der Waals surface area contributed by atoms with Crippen molar-refractivity contribution in [2.45, 2.75) is 19.8 Å². The molecule has 1 N–H and O–H groups in total. The number of nitrogens with one attached hydrogen (secondary N) is 1. The molecule has 2 aromatic rings. The van der Waals surface area contributed by atoms with Gasteiger partial charge in [-0.05, 0) is 11.5 Å². The first kappa shape index (κ1) is 20.0. The molecule has 1 aliphatic heterocycles. The van der Waals surface area contributed by atoms with Crippen molar-refractivity contribution in [3.63, 3.8) is 0 Å². The monoisotopic (exact) mass is 407 g/mol. The molecule has 6 nitrogen and oxygen atoms in total. The quantitative estimate of drug-likeness (QED) is 0.795. The van der Waals surface area contributed by atoms with Gasteiger partial charge in [0.25, 0.3) is 5.91 Å². The molecule has 2 heterocycles. The van der Waals surface area contributed by atoms with E-state index in [2.05, 4.69) is 41.2 Å². The van der Waals surface area contributed by atoms with Gasteiger partial charge in [0, 0.05) is 37.1 Å². The molecular weight excluding hydrogens is 382 g/mol. The van der Waals surface area contributed by atoms with Crippen molar-refractivity contribution in [3.8, 4) is 10.6 Å². The van der Waals surface area contributed by atoms with Gasteiger partial charge in [0.1, 0.15) is 10.7 Å². The van der Waals surface area contributed by atoms with Crippen molar-refractivity contribution in [3.05, 3.63) is 40.9 Å². The van der Waals surface area contributed by atoms with Gasteiger partial charge in [-0.25, -0.2) is 13.4 Å². The molecule has 1 amide bonds. The highest BCUT2D eigenvalue weighted by Gasteiger charge is 2.21. The smallest absolute Gasteiger partial charge is 0.270 e. The Balaban J connectivity index is 1.51. The van der Waals surface area contributed by atoms with Crippen LogP contribution in [0.1, 0.15) is 35.8 Å². The molecule has 0 radical (unpaired) electrons. The molecule has 0 spiro atoms. The lowest BCUT2D eigenvalue weighted by Gasteiger charge is -2.26. The van der Waals surface area contributed by atoms with Crippen LogP contribution in [0.15, 0.2) is 29.6 Å². The lowest BCUT2D eigenvalue weighted by Crippen LogP contribution is -2.43. The molecule has 8 heteroatoms. The molecule has 1 aromatic heterocycles. The standard InChI is InChI=1S/C19H25N3O3S2/c1-14(2)15-3-5-16(6-4-15)19-21-17(13-26-19)18(23)20-7-8-22-9-11-27(24,25)12-10-22/h3-6,13-14H,7-12H2,1-2H3,(H,20,23). The normalized spacial score (nSPS) is 17.1. The summed E-state index contributed by atoms with van der Waals surface area (Å²) in [5.74, 6) is 0.690. The Morgan fingerprint density at radius 3 is 2.52 bits per heavy atom. The second-order valence-corrected chi connectivity index (χ2v) is 10.2. The summed E-state index contributed by atoms with van der Waals surface area (Å²) in [6.07, 6.45) is 0. The molecule has 0 atom stereocenters. The average molecular weight is 408 g/mol. The number of thiazole rings is 1. The van der Waals surface area contributed by atoms with Crippen molar-refractivity contribution in [2.24, 2.45) is 0 Å². The van der Waals surface area contributed by atoms with E-state index in [-0.39, 0.29) is 17.4 Å². The number of benzene rings is 1. The van der Waals surface area contributed by atoms with E-state index >= 15 is 0 Å². The molecule has 3 rings (SSSR count). The van der Waals surface area contributed by atoms with Gasteiger partial charge in [-0.1, -0.05) is 38.1 Å². The Labute approximate surface area is 164 Å². The molecule has 0 unspecified atom stereocenters. The van der Waals surface area contributed by atoms with E-state index in [0.717, 1.165) is 10.6 Å². The number of carbonyl (C=O) groups is 1. The van der Waals surface area contributed by atoms with Gasteiger partial charge < -0.3 is 5.32 Å². The van der Waals surface area contributed by atoms with E-state index in [4.69, 9.17) is 0 Å². The minimum Gasteiger partial charge on any atom is -0.349 e. The fourth-order valence-electron chi connectivity index (χ4n) is 2.91. The molecule has 1 fully saturated rings. The van der Waals surface area contributed by atoms with E-state index in [1.807, 2.05) is 12.1 Å². The molecule has 1 saturated heterocycles. The van der Waals surface area contributed by atoms with Crippen LogP contribution in [0.5, 0.6) is 0 Å². The Kier molecular flexibility index (Phi) is 6.29. The number of sulfone groups is 1. The summed E-state index contributed by atoms with van der Waals surface area (Å²) in [7, 11) is -2.87. The van der Waals surface area contributed by atoms with E-state index in [0.29, 0.717) is 37.8 Å². The minimum absolute atomic E-state index is 0.194. The third kappa shape index (κ3) is 5.37. The number of hydrogen-bond donors (Lipinski definition) is 1. The molecule has 0 bridgehead atoms. The molecule has 146 valence electrons. The number of rotatable bonds is 6. The second-order valence-electron chi connectivity index (χ2n) is 7.06. The van der Waals surface area contributed by atoms with Gasteiger partial charge in [0.2, 0.25) is 0 Å².